The van der Waals surface area contributed by atoms with Crippen LogP contribution in [-0.4, -0.2) is 131 Å². The first-order chi connectivity index (χ1) is 36.2. The van der Waals surface area contributed by atoms with E-state index < -0.39 is 40.3 Å². The zero-order valence-corrected chi connectivity index (χ0v) is 50.5. The molecule has 3 aromatic carbocycles. The monoisotopic (exact) mass is 1110 g/mol. The number of rotatable bonds is 34. The molecule has 0 aliphatic carbocycles. The van der Waals surface area contributed by atoms with E-state index in [9.17, 15) is 24.0 Å². The average Bonchev–Trinajstić information content (AvgIpc) is 3.35. The Morgan fingerprint density at radius 3 is 1.60 bits per heavy atom. The lowest BCUT2D eigenvalue weighted by molar-refractivity contribution is -0.157. The van der Waals surface area contributed by atoms with E-state index in [2.05, 4.69) is 131 Å². The summed E-state index contributed by atoms with van der Waals surface area (Å²) in [5.74, 6) is -1.52. The number of ether oxygens (including phenoxy) is 6. The van der Waals surface area contributed by atoms with Crippen LogP contribution in [0.4, 0.5) is 4.79 Å². The minimum atomic E-state index is -1.98. The molecule has 3 aromatic rings. The fraction of sp³-hybridized carbons (Fsp3) is 0.603. The Balaban J connectivity index is 1.25. The van der Waals surface area contributed by atoms with Crippen LogP contribution < -0.4 is 21.3 Å². The van der Waals surface area contributed by atoms with Gasteiger partial charge in [-0.15, -0.1) is 0 Å². The largest absolute Gasteiger partial charge is 0.458 e. The van der Waals surface area contributed by atoms with Crippen molar-refractivity contribution in [2.75, 3.05) is 72.5 Å². The summed E-state index contributed by atoms with van der Waals surface area (Å²) >= 11 is 0. The molecule has 0 bridgehead atoms. The van der Waals surface area contributed by atoms with Gasteiger partial charge in [0.05, 0.1) is 52.9 Å². The topological polar surface area (TPSA) is 207 Å². The molecule has 0 heterocycles. The Morgan fingerprint density at radius 1 is 0.532 bits per heavy atom. The fourth-order valence-electron chi connectivity index (χ4n) is 6.72. The number of hydrogen-bond donors (Lipinski definition) is 4. The summed E-state index contributed by atoms with van der Waals surface area (Å²) in [7, 11) is -3.83. The van der Waals surface area contributed by atoms with Crippen LogP contribution in [0.1, 0.15) is 104 Å². The zero-order valence-electron chi connectivity index (χ0n) is 48.5. The normalized spacial score (nSPS) is 12.6. The SMILES string of the molecule is CC(C)(C)OC(=O)C(CCC(=O)NCCOCCOCC(=O)NCCOCCOCC(=O)NCCCc1cc(-c2ccc(CO[Si](C)(C)C(C)(C)C)cc2)ccc1CO[Si](C)(C)C(C)(C)C)NC(=O)OCc1ccccc1. The highest BCUT2D eigenvalue weighted by atomic mass is 28.4. The molecular formula is C58H92N4O13Si2. The Bertz CT molecular complexity index is 2260. The average molecular weight is 1110 g/mol. The Kier molecular flexibility index (Phi) is 28.2. The highest BCUT2D eigenvalue weighted by Gasteiger charge is 2.38. The lowest BCUT2D eigenvalue weighted by atomic mass is 9.96. The van der Waals surface area contributed by atoms with E-state index in [4.69, 9.17) is 37.3 Å². The van der Waals surface area contributed by atoms with Crippen molar-refractivity contribution in [1.82, 2.24) is 21.3 Å². The van der Waals surface area contributed by atoms with Crippen LogP contribution >= 0.6 is 0 Å². The number of nitrogens with one attached hydrogen (secondary N) is 4. The van der Waals surface area contributed by atoms with Crippen LogP contribution in [0.25, 0.3) is 11.1 Å². The molecule has 4 N–H and O–H groups in total. The van der Waals surface area contributed by atoms with Gasteiger partial charge in [-0.2, -0.15) is 0 Å². The summed E-state index contributed by atoms with van der Waals surface area (Å²) in [6, 6.07) is 23.3. The number of amides is 4. The van der Waals surface area contributed by atoms with Crippen molar-refractivity contribution in [3.05, 3.63) is 95.1 Å². The minimum Gasteiger partial charge on any atom is -0.458 e. The second kappa shape index (κ2) is 32.8. The maximum atomic E-state index is 12.8. The standard InChI is InChI=1S/C58H92N4O13Si2/c1-56(2,3)75-54(66)50(62-55(67)72-39-44-18-15-14-16-19-44)27-28-51(63)60-30-32-68-34-37-71-43-53(65)61-31-33-69-35-36-70-42-52(64)59-29-17-20-47-38-48(25-26-49(47)41-74-77(12,13)58(7,8)9)46-23-21-45(22-24-46)40-73-76(10,11)57(4,5)6/h14-16,18-19,21-26,38,50H,17,20,27-37,39-43H2,1-13H3,(H,59,64)(H,60,63)(H,61,65)(H,62,67). The second-order valence-corrected chi connectivity index (χ2v) is 32.7. The maximum absolute atomic E-state index is 12.8. The number of alkyl carbamates (subject to hydrolysis) is 1. The van der Waals surface area contributed by atoms with Crippen LogP contribution in [0, 0.1) is 0 Å². The number of aryl methyl sites for hydroxylation is 1. The van der Waals surface area contributed by atoms with Crippen molar-refractivity contribution >= 4 is 46.4 Å². The number of benzene rings is 3. The Morgan fingerprint density at radius 2 is 1.04 bits per heavy atom. The van der Waals surface area contributed by atoms with Crippen molar-refractivity contribution in [2.45, 2.75) is 156 Å². The van der Waals surface area contributed by atoms with Gasteiger partial charge in [0.1, 0.15) is 31.5 Å². The molecule has 3 rings (SSSR count). The summed E-state index contributed by atoms with van der Waals surface area (Å²) in [6.45, 7) is 31.0. The van der Waals surface area contributed by atoms with Gasteiger partial charge in [0.15, 0.2) is 16.6 Å². The van der Waals surface area contributed by atoms with Gasteiger partial charge in [0.25, 0.3) is 0 Å². The minimum absolute atomic E-state index is 0.000874. The second-order valence-electron chi connectivity index (χ2n) is 23.1. The van der Waals surface area contributed by atoms with Gasteiger partial charge in [0.2, 0.25) is 17.7 Å². The summed E-state index contributed by atoms with van der Waals surface area (Å²) in [5.41, 5.74) is 5.81. The summed E-state index contributed by atoms with van der Waals surface area (Å²) < 4.78 is 45.7. The summed E-state index contributed by atoms with van der Waals surface area (Å²) in [5, 5.41) is 11.2. The van der Waals surface area contributed by atoms with Crippen LogP contribution in [0.15, 0.2) is 72.8 Å². The van der Waals surface area contributed by atoms with Crippen molar-refractivity contribution < 1.29 is 61.2 Å². The van der Waals surface area contributed by atoms with E-state index in [1.165, 1.54) is 11.1 Å². The predicted octanol–water partition coefficient (Wildman–Crippen LogP) is 9.16. The van der Waals surface area contributed by atoms with Crippen LogP contribution in [-0.2, 0) is 82.7 Å². The number of carbonyl (C=O) groups is 5. The van der Waals surface area contributed by atoms with Crippen molar-refractivity contribution in [1.29, 1.82) is 0 Å². The van der Waals surface area contributed by atoms with Gasteiger partial charge in [-0.1, -0.05) is 114 Å². The van der Waals surface area contributed by atoms with Gasteiger partial charge >= 0.3 is 12.1 Å². The molecule has 17 nitrogen and oxygen atoms in total. The third-order valence-corrected chi connectivity index (χ3v) is 22.4. The first kappa shape index (κ1) is 66.3. The molecule has 1 unspecified atom stereocenters. The molecule has 19 heteroatoms. The molecular weight excluding hydrogens is 1020 g/mol. The molecule has 0 aromatic heterocycles. The van der Waals surface area contributed by atoms with Gasteiger partial charge in [0, 0.05) is 26.1 Å². The summed E-state index contributed by atoms with van der Waals surface area (Å²) in [4.78, 5) is 62.5. The lowest BCUT2D eigenvalue weighted by Gasteiger charge is -2.36. The Hall–Kier alpha value is -5.00. The van der Waals surface area contributed by atoms with Gasteiger partial charge in [-0.05, 0) is 110 Å². The maximum Gasteiger partial charge on any atom is 0.408 e. The van der Waals surface area contributed by atoms with E-state index in [1.807, 2.05) is 30.3 Å². The van der Waals surface area contributed by atoms with E-state index >= 15 is 0 Å². The molecule has 0 radical (unpaired) electrons. The van der Waals surface area contributed by atoms with Gasteiger partial charge in [-0.3, -0.25) is 14.4 Å². The van der Waals surface area contributed by atoms with Crippen molar-refractivity contribution in [3.8, 4) is 11.1 Å². The molecule has 0 saturated carbocycles. The zero-order chi connectivity index (χ0) is 57.1. The third kappa shape index (κ3) is 27.0. The number of hydrogen-bond acceptors (Lipinski definition) is 13. The van der Waals surface area contributed by atoms with Crippen LogP contribution in [0.5, 0.6) is 0 Å². The van der Waals surface area contributed by atoms with Crippen molar-refractivity contribution in [2.24, 2.45) is 0 Å². The van der Waals surface area contributed by atoms with Gasteiger partial charge < -0.3 is 58.5 Å². The molecule has 1 atom stereocenters. The first-order valence-corrected chi connectivity index (χ1v) is 32.8. The quantitative estimate of drug-likeness (QED) is 0.0250. The highest BCUT2D eigenvalue weighted by Crippen LogP contribution is 2.38. The van der Waals surface area contributed by atoms with E-state index in [-0.39, 0.29) is 113 Å². The fourth-order valence-corrected chi connectivity index (χ4v) is 8.63. The van der Waals surface area contributed by atoms with E-state index in [1.54, 1.807) is 20.8 Å². The van der Waals surface area contributed by atoms with Gasteiger partial charge in [-0.25, -0.2) is 9.59 Å². The number of carbonyl (C=O) groups excluding carboxylic acids is 5. The summed E-state index contributed by atoms with van der Waals surface area (Å²) in [6.07, 6.45) is 0.676. The first-order valence-electron chi connectivity index (χ1n) is 27.0. The predicted molar refractivity (Wildman–Crippen MR) is 305 cm³/mol. The lowest BCUT2D eigenvalue weighted by Crippen LogP contribution is -2.45. The van der Waals surface area contributed by atoms with Crippen LogP contribution in [0.3, 0.4) is 0 Å². The molecule has 77 heavy (non-hydrogen) atoms. The van der Waals surface area contributed by atoms with Crippen LogP contribution in [0.2, 0.25) is 36.3 Å². The Labute approximate surface area is 461 Å². The molecule has 0 spiro atoms. The van der Waals surface area contributed by atoms with E-state index in [0.717, 1.165) is 35.1 Å². The molecule has 0 aliphatic heterocycles. The molecule has 0 fully saturated rings. The third-order valence-electron chi connectivity index (χ3n) is 13.4. The molecule has 4 amide bonds. The smallest absolute Gasteiger partial charge is 0.408 e. The molecule has 430 valence electrons. The number of esters is 1. The molecule has 0 saturated heterocycles. The highest BCUT2D eigenvalue weighted by molar-refractivity contribution is 6.74. The molecule has 0 aliphatic rings. The van der Waals surface area contributed by atoms with Crippen molar-refractivity contribution in [3.63, 3.8) is 0 Å². The van der Waals surface area contributed by atoms with E-state index in [0.29, 0.717) is 19.8 Å².